The quantitative estimate of drug-likeness (QED) is 0.0261. The van der Waals surface area contributed by atoms with Gasteiger partial charge < -0.3 is 14.2 Å². The van der Waals surface area contributed by atoms with E-state index in [2.05, 4.69) is 142 Å². The van der Waals surface area contributed by atoms with E-state index < -0.39 is 12.1 Å². The molecular formula is C71H116O6. The molecular weight excluding hydrogens is 949 g/mol. The maximum absolute atomic E-state index is 12.9. The molecule has 0 radical (unpaired) electrons. The van der Waals surface area contributed by atoms with Crippen LogP contribution >= 0.6 is 0 Å². The zero-order valence-electron chi connectivity index (χ0n) is 49.9. The number of ether oxygens (including phenoxy) is 3. The first-order chi connectivity index (χ1) is 38.0. The van der Waals surface area contributed by atoms with Crippen molar-refractivity contribution in [3.05, 3.63) is 134 Å². The van der Waals surface area contributed by atoms with E-state index in [9.17, 15) is 14.4 Å². The van der Waals surface area contributed by atoms with Crippen LogP contribution in [-0.4, -0.2) is 37.2 Å². The number of allylic oxidation sites excluding steroid dienone is 21. The van der Waals surface area contributed by atoms with Crippen molar-refractivity contribution in [2.75, 3.05) is 13.2 Å². The molecule has 77 heavy (non-hydrogen) atoms. The normalized spacial score (nSPS) is 13.0. The second kappa shape index (κ2) is 64.1. The number of esters is 3. The molecule has 0 aromatic heterocycles. The molecule has 0 aliphatic carbocycles. The van der Waals surface area contributed by atoms with Crippen molar-refractivity contribution in [3.8, 4) is 0 Å². The topological polar surface area (TPSA) is 78.9 Å². The number of hydrogen-bond donors (Lipinski definition) is 0. The highest BCUT2D eigenvalue weighted by Crippen LogP contribution is 2.16. The van der Waals surface area contributed by atoms with Crippen molar-refractivity contribution in [1.29, 1.82) is 0 Å². The van der Waals surface area contributed by atoms with Gasteiger partial charge in [-0.1, -0.05) is 276 Å². The standard InChI is InChI=1S/C71H116O6/c1-4-7-10-13-16-19-22-25-28-30-31-32-33-34-35-36-37-38-39-41-43-46-49-52-55-58-61-64-70(73)76-67-68(66-75-69(72)63-60-57-54-51-48-45-42-27-24-21-18-15-12-9-6-3)77-71(74)65-62-59-56-53-50-47-44-40-29-26-23-20-17-14-11-8-5-2/h8-9,11-12,17-18,20-22,25-27,29-31,42,44,47-48,51,57,60,68H,4-7,10,13-16,19,23-24,28,32-41,43,45-46,49-50,52-56,58-59,61-67H2,1-3H3/b11-8-,12-9-,20-17-,21-18-,25-22-,29-26-,31-30-,42-27-,47-44-,51-48-,60-57-. The molecule has 0 aliphatic heterocycles. The summed E-state index contributed by atoms with van der Waals surface area (Å²) in [7, 11) is 0. The van der Waals surface area contributed by atoms with E-state index in [1.807, 2.05) is 6.08 Å². The average molecular weight is 1070 g/mol. The van der Waals surface area contributed by atoms with Crippen LogP contribution in [0, 0.1) is 0 Å². The van der Waals surface area contributed by atoms with Gasteiger partial charge in [0.1, 0.15) is 13.2 Å². The Kier molecular flexibility index (Phi) is 60.4. The molecule has 0 saturated heterocycles. The predicted octanol–water partition coefficient (Wildman–Crippen LogP) is 21.8. The Hall–Kier alpha value is -4.45. The summed E-state index contributed by atoms with van der Waals surface area (Å²) >= 11 is 0. The maximum atomic E-state index is 12.9. The SMILES string of the molecule is CC/C=C\C/C=C\C/C=C\C/C=C\C/C=C\CC(=O)OCC(COC(=O)CCCCCCCCCCCCCCCCC/C=C\C/C=C\CCCCCCC)OC(=O)CCCCCC/C=C\C/C=C\C/C=C\C/C=C\CC. The second-order valence-electron chi connectivity index (χ2n) is 20.6. The molecule has 436 valence electrons. The van der Waals surface area contributed by atoms with Crippen molar-refractivity contribution in [1.82, 2.24) is 0 Å². The predicted molar refractivity (Wildman–Crippen MR) is 334 cm³/mol. The lowest BCUT2D eigenvalue weighted by atomic mass is 10.0. The van der Waals surface area contributed by atoms with Crippen LogP contribution in [0.1, 0.15) is 278 Å². The van der Waals surface area contributed by atoms with Gasteiger partial charge in [-0.15, -0.1) is 0 Å². The fraction of sp³-hybridized carbons (Fsp3) is 0.648. The molecule has 1 unspecified atom stereocenters. The van der Waals surface area contributed by atoms with Crippen molar-refractivity contribution >= 4 is 17.9 Å². The number of rotatable bonds is 56. The Morgan fingerprint density at radius 3 is 0.909 bits per heavy atom. The summed E-state index contributed by atoms with van der Waals surface area (Å²) in [6.07, 6.45) is 90.6. The van der Waals surface area contributed by atoms with Gasteiger partial charge in [0.2, 0.25) is 0 Å². The van der Waals surface area contributed by atoms with E-state index in [0.717, 1.165) is 116 Å². The number of carbonyl (C=O) groups excluding carboxylic acids is 3. The molecule has 0 N–H and O–H groups in total. The fourth-order valence-electron chi connectivity index (χ4n) is 8.48. The number of carbonyl (C=O) groups is 3. The first-order valence-electron chi connectivity index (χ1n) is 31.7. The van der Waals surface area contributed by atoms with Gasteiger partial charge in [0, 0.05) is 12.8 Å². The molecule has 1 atom stereocenters. The van der Waals surface area contributed by atoms with Crippen LogP contribution in [0.25, 0.3) is 0 Å². The molecule has 0 saturated carbocycles. The number of hydrogen-bond acceptors (Lipinski definition) is 6. The maximum Gasteiger partial charge on any atom is 0.309 e. The summed E-state index contributed by atoms with van der Waals surface area (Å²) in [5.74, 6) is -1.08. The highest BCUT2D eigenvalue weighted by Gasteiger charge is 2.19. The van der Waals surface area contributed by atoms with Gasteiger partial charge in [-0.2, -0.15) is 0 Å². The summed E-state index contributed by atoms with van der Waals surface area (Å²) in [5, 5.41) is 0. The lowest BCUT2D eigenvalue weighted by Gasteiger charge is -2.18. The fourth-order valence-corrected chi connectivity index (χ4v) is 8.48. The molecule has 0 spiro atoms. The minimum atomic E-state index is -0.836. The van der Waals surface area contributed by atoms with Crippen molar-refractivity contribution in [3.63, 3.8) is 0 Å². The molecule has 0 amide bonds. The largest absolute Gasteiger partial charge is 0.462 e. The Balaban J connectivity index is 4.40. The van der Waals surface area contributed by atoms with E-state index in [-0.39, 0.29) is 38.0 Å². The van der Waals surface area contributed by atoms with E-state index in [1.54, 1.807) is 6.08 Å². The van der Waals surface area contributed by atoms with E-state index in [0.29, 0.717) is 6.42 Å². The lowest BCUT2D eigenvalue weighted by Crippen LogP contribution is -2.30. The van der Waals surface area contributed by atoms with Gasteiger partial charge in [0.25, 0.3) is 0 Å². The zero-order valence-corrected chi connectivity index (χ0v) is 49.9. The molecule has 0 aromatic rings. The minimum absolute atomic E-state index is 0.117. The van der Waals surface area contributed by atoms with Crippen molar-refractivity contribution in [2.24, 2.45) is 0 Å². The van der Waals surface area contributed by atoms with Crippen LogP contribution in [0.2, 0.25) is 0 Å². The second-order valence-corrected chi connectivity index (χ2v) is 20.6. The summed E-state index contributed by atoms with van der Waals surface area (Å²) in [6, 6.07) is 0. The smallest absolute Gasteiger partial charge is 0.309 e. The highest BCUT2D eigenvalue weighted by atomic mass is 16.6. The van der Waals surface area contributed by atoms with Gasteiger partial charge in [0.05, 0.1) is 6.42 Å². The van der Waals surface area contributed by atoms with Crippen LogP contribution in [-0.2, 0) is 28.6 Å². The van der Waals surface area contributed by atoms with Gasteiger partial charge in [-0.25, -0.2) is 0 Å². The van der Waals surface area contributed by atoms with Gasteiger partial charge in [0.15, 0.2) is 6.10 Å². The Morgan fingerprint density at radius 1 is 0.286 bits per heavy atom. The molecule has 0 heterocycles. The number of unbranched alkanes of at least 4 members (excludes halogenated alkanes) is 24. The summed E-state index contributed by atoms with van der Waals surface area (Å²) in [5.41, 5.74) is 0. The van der Waals surface area contributed by atoms with Crippen LogP contribution < -0.4 is 0 Å². The Morgan fingerprint density at radius 2 is 0.558 bits per heavy atom. The first-order valence-corrected chi connectivity index (χ1v) is 31.7. The zero-order chi connectivity index (χ0) is 55.7. The van der Waals surface area contributed by atoms with Gasteiger partial charge in [-0.3, -0.25) is 14.4 Å². The minimum Gasteiger partial charge on any atom is -0.462 e. The molecule has 6 nitrogen and oxygen atoms in total. The molecule has 0 rings (SSSR count). The molecule has 0 aromatic carbocycles. The van der Waals surface area contributed by atoms with E-state index >= 15 is 0 Å². The summed E-state index contributed by atoms with van der Waals surface area (Å²) in [4.78, 5) is 38.2. The summed E-state index contributed by atoms with van der Waals surface area (Å²) < 4.78 is 16.8. The van der Waals surface area contributed by atoms with Gasteiger partial charge >= 0.3 is 17.9 Å². The third-order valence-electron chi connectivity index (χ3n) is 13.2. The van der Waals surface area contributed by atoms with Crippen LogP contribution in [0.15, 0.2) is 134 Å². The van der Waals surface area contributed by atoms with Crippen LogP contribution in [0.4, 0.5) is 0 Å². The average Bonchev–Trinajstić information content (AvgIpc) is 3.43. The van der Waals surface area contributed by atoms with Crippen LogP contribution in [0.5, 0.6) is 0 Å². The van der Waals surface area contributed by atoms with Crippen molar-refractivity contribution < 1.29 is 28.6 Å². The van der Waals surface area contributed by atoms with E-state index in [1.165, 1.54) is 122 Å². The molecule has 6 heteroatoms. The Labute approximate surface area is 475 Å². The molecule has 0 aliphatic rings. The first kappa shape index (κ1) is 72.5. The third kappa shape index (κ3) is 62.3. The third-order valence-corrected chi connectivity index (χ3v) is 13.2. The molecule has 0 fully saturated rings. The van der Waals surface area contributed by atoms with E-state index in [4.69, 9.17) is 14.2 Å². The van der Waals surface area contributed by atoms with Gasteiger partial charge in [-0.05, 0) is 116 Å². The summed E-state index contributed by atoms with van der Waals surface area (Å²) in [6.45, 7) is 6.30. The Bertz CT molecular complexity index is 1650. The monoisotopic (exact) mass is 1060 g/mol. The van der Waals surface area contributed by atoms with Crippen LogP contribution in [0.3, 0.4) is 0 Å². The molecule has 0 bridgehead atoms. The lowest BCUT2D eigenvalue weighted by molar-refractivity contribution is -0.166. The van der Waals surface area contributed by atoms with Crippen molar-refractivity contribution in [2.45, 2.75) is 284 Å². The highest BCUT2D eigenvalue weighted by molar-refractivity contribution is 5.72.